The van der Waals surface area contributed by atoms with E-state index in [2.05, 4.69) is 16.7 Å². The van der Waals surface area contributed by atoms with Crippen LogP contribution in [0.2, 0.25) is 0 Å². The Bertz CT molecular complexity index is 1060. The molecule has 2 N–H and O–H groups in total. The number of urea groups is 1. The molecular weight excluding hydrogens is 416 g/mol. The lowest BCUT2D eigenvalue weighted by molar-refractivity contribution is -0.123. The molecule has 1 aliphatic heterocycles. The molecule has 1 heterocycles. The highest BCUT2D eigenvalue weighted by Gasteiger charge is 2.33. The fraction of sp³-hybridized carbons (Fsp3) is 0.346. The summed E-state index contributed by atoms with van der Waals surface area (Å²) in [7, 11) is 0. The van der Waals surface area contributed by atoms with Crippen molar-refractivity contribution in [2.75, 3.05) is 34.8 Å². The summed E-state index contributed by atoms with van der Waals surface area (Å²) < 4.78 is 0. The summed E-state index contributed by atoms with van der Waals surface area (Å²) in [5, 5.41) is 5.78. The van der Waals surface area contributed by atoms with Crippen LogP contribution >= 0.6 is 0 Å². The molecule has 2 aromatic carbocycles. The Labute approximate surface area is 194 Å². The fourth-order valence-corrected chi connectivity index (χ4v) is 4.24. The second-order valence-electron chi connectivity index (χ2n) is 8.56. The van der Waals surface area contributed by atoms with Crippen LogP contribution in [0.15, 0.2) is 60.2 Å². The molecular formula is C26H30N4O3. The van der Waals surface area contributed by atoms with Crippen molar-refractivity contribution in [2.24, 2.45) is 0 Å². The lowest BCUT2D eigenvalue weighted by atomic mass is 9.97. The second-order valence-corrected chi connectivity index (χ2v) is 8.56. The number of allylic oxidation sites excluding steroid dienone is 1. The molecule has 7 nitrogen and oxygen atoms in total. The standard InChI is InChI=1S/C26H30N4O3/c1-19-11-13-21(14-12-19)28-26(33)30-18-25(32)29(22-9-5-6-10-23(22)30)17-24(31)27-16-15-20-7-3-2-4-8-20/h5-7,9-14H,2-4,8,15-18H2,1H3,(H,27,31)(H,28,33). The molecule has 7 heteroatoms. The maximum Gasteiger partial charge on any atom is 0.326 e. The minimum atomic E-state index is -0.385. The second kappa shape index (κ2) is 10.3. The van der Waals surface area contributed by atoms with Gasteiger partial charge in [-0.2, -0.15) is 0 Å². The Kier molecular flexibility index (Phi) is 7.07. The zero-order chi connectivity index (χ0) is 23.2. The Morgan fingerprint density at radius 3 is 2.48 bits per heavy atom. The Hall–Kier alpha value is -3.61. The van der Waals surface area contributed by atoms with Gasteiger partial charge in [0.05, 0.1) is 11.4 Å². The Morgan fingerprint density at radius 2 is 1.76 bits per heavy atom. The van der Waals surface area contributed by atoms with Crippen molar-refractivity contribution in [3.8, 4) is 0 Å². The topological polar surface area (TPSA) is 81.8 Å². The molecule has 172 valence electrons. The zero-order valence-electron chi connectivity index (χ0n) is 19.0. The van der Waals surface area contributed by atoms with Crippen LogP contribution in [0.1, 0.15) is 37.7 Å². The third kappa shape index (κ3) is 5.61. The average molecular weight is 447 g/mol. The molecule has 1 aliphatic carbocycles. The molecule has 0 atom stereocenters. The number of carbonyl (C=O) groups is 3. The molecule has 0 aromatic heterocycles. The molecule has 0 bridgehead atoms. The van der Waals surface area contributed by atoms with Gasteiger partial charge in [0.25, 0.3) is 0 Å². The van der Waals surface area contributed by atoms with E-state index in [0.29, 0.717) is 23.6 Å². The quantitative estimate of drug-likeness (QED) is 0.646. The van der Waals surface area contributed by atoms with E-state index in [4.69, 9.17) is 0 Å². The molecule has 0 spiro atoms. The monoisotopic (exact) mass is 446 g/mol. The van der Waals surface area contributed by atoms with Gasteiger partial charge in [-0.15, -0.1) is 0 Å². The van der Waals surface area contributed by atoms with Gasteiger partial charge in [-0.1, -0.05) is 41.5 Å². The van der Waals surface area contributed by atoms with Crippen LogP contribution in [0.5, 0.6) is 0 Å². The van der Waals surface area contributed by atoms with Gasteiger partial charge in [0.15, 0.2) is 0 Å². The van der Waals surface area contributed by atoms with Crippen LogP contribution in [0, 0.1) is 6.92 Å². The number of nitrogens with zero attached hydrogens (tertiary/aromatic N) is 2. The van der Waals surface area contributed by atoms with Gasteiger partial charge < -0.3 is 10.6 Å². The third-order valence-corrected chi connectivity index (χ3v) is 6.06. The van der Waals surface area contributed by atoms with Crippen LogP contribution < -0.4 is 20.4 Å². The number of anilines is 3. The lowest BCUT2D eigenvalue weighted by Gasteiger charge is -2.35. The van der Waals surface area contributed by atoms with E-state index in [1.807, 2.05) is 37.3 Å². The molecule has 4 amide bonds. The van der Waals surface area contributed by atoms with E-state index in [-0.39, 0.29) is 30.9 Å². The highest BCUT2D eigenvalue weighted by atomic mass is 16.2. The summed E-state index contributed by atoms with van der Waals surface area (Å²) in [5.74, 6) is -0.495. The predicted molar refractivity (Wildman–Crippen MR) is 131 cm³/mol. The minimum absolute atomic E-state index is 0.0671. The Balaban J connectivity index is 1.41. The molecule has 4 rings (SSSR count). The van der Waals surface area contributed by atoms with Crippen LogP contribution in [0.3, 0.4) is 0 Å². The van der Waals surface area contributed by atoms with E-state index in [0.717, 1.165) is 24.8 Å². The van der Waals surface area contributed by atoms with Gasteiger partial charge in [-0.3, -0.25) is 19.4 Å². The van der Waals surface area contributed by atoms with Gasteiger partial charge in [0.1, 0.15) is 13.1 Å². The first kappa shape index (κ1) is 22.6. The number of hydrogen-bond donors (Lipinski definition) is 2. The highest BCUT2D eigenvalue weighted by molar-refractivity contribution is 6.15. The maximum atomic E-state index is 12.9. The lowest BCUT2D eigenvalue weighted by Crippen LogP contribution is -2.52. The van der Waals surface area contributed by atoms with Crippen molar-refractivity contribution in [3.05, 3.63) is 65.7 Å². The number of para-hydroxylation sites is 2. The Morgan fingerprint density at radius 1 is 1.00 bits per heavy atom. The number of amides is 4. The number of rotatable bonds is 6. The van der Waals surface area contributed by atoms with Crippen molar-refractivity contribution in [2.45, 2.75) is 39.0 Å². The SMILES string of the molecule is Cc1ccc(NC(=O)N2CC(=O)N(CC(=O)NCCC3=CCCCC3)c3ccccc32)cc1. The van der Waals surface area contributed by atoms with Crippen molar-refractivity contribution >= 4 is 34.9 Å². The molecule has 0 fully saturated rings. The number of fused-ring (bicyclic) bond motifs is 1. The molecule has 0 unspecified atom stereocenters. The van der Waals surface area contributed by atoms with Gasteiger partial charge in [0, 0.05) is 12.2 Å². The van der Waals surface area contributed by atoms with E-state index >= 15 is 0 Å². The number of hydrogen-bond acceptors (Lipinski definition) is 3. The zero-order valence-corrected chi connectivity index (χ0v) is 19.0. The molecule has 2 aliphatic rings. The summed E-state index contributed by atoms with van der Waals surface area (Å²) in [6.07, 6.45) is 7.81. The normalized spacial score (nSPS) is 15.5. The molecule has 0 saturated heterocycles. The van der Waals surface area contributed by atoms with E-state index in [9.17, 15) is 14.4 Å². The smallest absolute Gasteiger partial charge is 0.326 e. The summed E-state index contributed by atoms with van der Waals surface area (Å²) >= 11 is 0. The highest BCUT2D eigenvalue weighted by Crippen LogP contribution is 2.33. The number of benzene rings is 2. The number of nitrogens with one attached hydrogen (secondary N) is 2. The van der Waals surface area contributed by atoms with Crippen LogP contribution in [-0.2, 0) is 9.59 Å². The first-order chi connectivity index (χ1) is 16.0. The van der Waals surface area contributed by atoms with E-state index in [1.165, 1.54) is 28.2 Å². The predicted octanol–water partition coefficient (Wildman–Crippen LogP) is 4.39. The third-order valence-electron chi connectivity index (χ3n) is 6.06. The first-order valence-corrected chi connectivity index (χ1v) is 11.5. The van der Waals surface area contributed by atoms with E-state index < -0.39 is 0 Å². The van der Waals surface area contributed by atoms with Crippen molar-refractivity contribution in [3.63, 3.8) is 0 Å². The number of aryl methyl sites for hydroxylation is 1. The van der Waals surface area contributed by atoms with Gasteiger partial charge in [-0.25, -0.2) is 4.79 Å². The van der Waals surface area contributed by atoms with Crippen LogP contribution in [0.25, 0.3) is 0 Å². The van der Waals surface area contributed by atoms with Crippen molar-refractivity contribution < 1.29 is 14.4 Å². The fourth-order valence-electron chi connectivity index (χ4n) is 4.24. The average Bonchev–Trinajstić information content (AvgIpc) is 2.83. The molecule has 0 radical (unpaired) electrons. The summed E-state index contributed by atoms with van der Waals surface area (Å²) in [6.45, 7) is 2.35. The largest absolute Gasteiger partial charge is 0.354 e. The minimum Gasteiger partial charge on any atom is -0.354 e. The van der Waals surface area contributed by atoms with Gasteiger partial charge in [-0.05, 0) is 63.3 Å². The van der Waals surface area contributed by atoms with Crippen molar-refractivity contribution in [1.82, 2.24) is 5.32 Å². The number of carbonyl (C=O) groups excluding carboxylic acids is 3. The van der Waals surface area contributed by atoms with Crippen LogP contribution in [0.4, 0.5) is 21.9 Å². The summed E-state index contributed by atoms with van der Waals surface area (Å²) in [4.78, 5) is 41.3. The van der Waals surface area contributed by atoms with Gasteiger partial charge in [0.2, 0.25) is 11.8 Å². The van der Waals surface area contributed by atoms with Crippen molar-refractivity contribution in [1.29, 1.82) is 0 Å². The van der Waals surface area contributed by atoms with Crippen LogP contribution in [-0.4, -0.2) is 37.5 Å². The molecule has 2 aromatic rings. The summed E-state index contributed by atoms with van der Waals surface area (Å²) in [6, 6.07) is 14.3. The first-order valence-electron chi connectivity index (χ1n) is 11.5. The maximum absolute atomic E-state index is 12.9. The molecule has 33 heavy (non-hydrogen) atoms. The summed E-state index contributed by atoms with van der Waals surface area (Å²) in [5.41, 5.74) is 4.30. The molecule has 0 saturated carbocycles. The van der Waals surface area contributed by atoms with E-state index in [1.54, 1.807) is 18.2 Å². The van der Waals surface area contributed by atoms with Gasteiger partial charge >= 0.3 is 6.03 Å².